The molecule has 1 fully saturated rings. The smallest absolute Gasteiger partial charge is 0.244 e. The topological polar surface area (TPSA) is 52.6 Å². The van der Waals surface area contributed by atoms with Gasteiger partial charge in [-0.15, -0.1) is 0 Å². The number of hydrogen-bond donors (Lipinski definition) is 0. The van der Waals surface area contributed by atoms with Gasteiger partial charge < -0.3 is 9.80 Å². The maximum Gasteiger partial charge on any atom is 0.244 e. The summed E-state index contributed by atoms with van der Waals surface area (Å²) in [6.07, 6.45) is 1.62. The predicted octanol–water partition coefficient (Wildman–Crippen LogP) is 2.35. The zero-order chi connectivity index (χ0) is 19.6. The Balaban J connectivity index is 1.72. The van der Waals surface area contributed by atoms with E-state index in [1.807, 2.05) is 43.0 Å². The third-order valence-corrected chi connectivity index (χ3v) is 5.31. The first-order valence-corrected chi connectivity index (χ1v) is 9.43. The zero-order valence-corrected chi connectivity index (χ0v) is 16.9. The van der Waals surface area contributed by atoms with Gasteiger partial charge in [-0.1, -0.05) is 29.8 Å². The molecule has 1 amide bonds. The van der Waals surface area contributed by atoms with Crippen molar-refractivity contribution in [1.29, 1.82) is 0 Å². The van der Waals surface area contributed by atoms with Crippen molar-refractivity contribution in [2.24, 2.45) is 0 Å². The van der Waals surface area contributed by atoms with Crippen molar-refractivity contribution in [3.8, 4) is 0 Å². The third-order valence-electron chi connectivity index (χ3n) is 5.31. The van der Waals surface area contributed by atoms with Gasteiger partial charge in [-0.25, -0.2) is 9.97 Å². The second kappa shape index (κ2) is 8.05. The standard InChI is InChI=1S/C21H29N5O/c1-15-7-6-8-18(13-15)19(24(4)5)21(27)26-11-9-25(10-12-26)20-16(2)17(3)22-14-23-20/h6-8,13-14,19H,9-12H2,1-5H3. The average Bonchev–Trinajstić information content (AvgIpc) is 2.64. The Bertz CT molecular complexity index is 812. The highest BCUT2D eigenvalue weighted by Gasteiger charge is 2.30. The molecule has 0 radical (unpaired) electrons. The Morgan fingerprint density at radius 1 is 1.07 bits per heavy atom. The van der Waals surface area contributed by atoms with Crippen LogP contribution in [0.5, 0.6) is 0 Å². The number of amides is 1. The van der Waals surface area contributed by atoms with E-state index in [1.54, 1.807) is 6.33 Å². The number of aromatic nitrogens is 2. The lowest BCUT2D eigenvalue weighted by Gasteiger charge is -2.38. The van der Waals surface area contributed by atoms with Gasteiger partial charge in [0.05, 0.1) is 0 Å². The number of carbonyl (C=O) groups excluding carboxylic acids is 1. The van der Waals surface area contributed by atoms with E-state index >= 15 is 0 Å². The maximum absolute atomic E-state index is 13.3. The average molecular weight is 367 g/mol. The molecule has 1 aliphatic rings. The van der Waals surface area contributed by atoms with Crippen molar-refractivity contribution in [3.05, 3.63) is 53.0 Å². The highest BCUT2D eigenvalue weighted by atomic mass is 16.2. The van der Waals surface area contributed by atoms with Gasteiger partial charge in [-0.2, -0.15) is 0 Å². The molecule has 0 bridgehead atoms. The molecule has 6 heteroatoms. The SMILES string of the molecule is Cc1cccc(C(C(=O)N2CCN(c3ncnc(C)c3C)CC2)N(C)C)c1. The lowest BCUT2D eigenvalue weighted by molar-refractivity contribution is -0.136. The Morgan fingerprint density at radius 2 is 1.78 bits per heavy atom. The molecule has 1 saturated heterocycles. The van der Waals surface area contributed by atoms with Gasteiger partial charge in [-0.3, -0.25) is 9.69 Å². The lowest BCUT2D eigenvalue weighted by atomic mass is 10.0. The van der Waals surface area contributed by atoms with Gasteiger partial charge in [0.2, 0.25) is 5.91 Å². The van der Waals surface area contributed by atoms with Crippen molar-refractivity contribution in [1.82, 2.24) is 19.8 Å². The monoisotopic (exact) mass is 367 g/mol. The zero-order valence-electron chi connectivity index (χ0n) is 16.9. The molecular weight excluding hydrogens is 338 g/mol. The maximum atomic E-state index is 13.3. The van der Waals surface area contributed by atoms with Crippen LogP contribution in [0.25, 0.3) is 0 Å². The number of benzene rings is 1. The van der Waals surface area contributed by atoms with Crippen molar-refractivity contribution in [3.63, 3.8) is 0 Å². The molecule has 0 N–H and O–H groups in total. The predicted molar refractivity (Wildman–Crippen MR) is 108 cm³/mol. The molecule has 1 aromatic carbocycles. The fourth-order valence-electron chi connectivity index (χ4n) is 3.66. The molecule has 6 nitrogen and oxygen atoms in total. The lowest BCUT2D eigenvalue weighted by Crippen LogP contribution is -2.52. The Labute approximate surface area is 161 Å². The molecule has 2 heterocycles. The summed E-state index contributed by atoms with van der Waals surface area (Å²) in [5, 5.41) is 0. The molecule has 0 saturated carbocycles. The van der Waals surface area contributed by atoms with Crippen molar-refractivity contribution < 1.29 is 4.79 Å². The molecule has 0 aliphatic carbocycles. The van der Waals surface area contributed by atoms with E-state index in [1.165, 1.54) is 5.56 Å². The number of carbonyl (C=O) groups is 1. The van der Waals surface area contributed by atoms with Gasteiger partial charge in [-0.05, 0) is 40.4 Å². The fourth-order valence-corrected chi connectivity index (χ4v) is 3.66. The summed E-state index contributed by atoms with van der Waals surface area (Å²) in [5.41, 5.74) is 4.34. The van der Waals surface area contributed by atoms with E-state index in [9.17, 15) is 4.79 Å². The summed E-state index contributed by atoms with van der Waals surface area (Å²) < 4.78 is 0. The Morgan fingerprint density at radius 3 is 2.41 bits per heavy atom. The van der Waals surface area contributed by atoms with Gasteiger partial charge in [0.1, 0.15) is 18.2 Å². The van der Waals surface area contributed by atoms with Crippen molar-refractivity contribution >= 4 is 11.7 Å². The first kappa shape index (κ1) is 19.3. The van der Waals surface area contributed by atoms with Crippen LogP contribution in [0, 0.1) is 20.8 Å². The van der Waals surface area contributed by atoms with Gasteiger partial charge in [0.25, 0.3) is 0 Å². The Kier molecular flexibility index (Phi) is 5.75. The van der Waals surface area contributed by atoms with Crippen LogP contribution in [0.3, 0.4) is 0 Å². The number of likely N-dealkylation sites (N-methyl/N-ethyl adjacent to an activating group) is 1. The quantitative estimate of drug-likeness (QED) is 0.830. The van der Waals surface area contributed by atoms with Crippen LogP contribution in [0.15, 0.2) is 30.6 Å². The minimum atomic E-state index is -0.250. The van der Waals surface area contributed by atoms with Crippen LogP contribution in [-0.4, -0.2) is 65.9 Å². The second-order valence-corrected chi connectivity index (χ2v) is 7.50. The molecule has 1 aromatic heterocycles. The number of aryl methyl sites for hydroxylation is 2. The largest absolute Gasteiger partial charge is 0.353 e. The van der Waals surface area contributed by atoms with E-state index in [0.29, 0.717) is 13.1 Å². The minimum Gasteiger partial charge on any atom is -0.353 e. The molecule has 1 unspecified atom stereocenters. The molecule has 1 atom stereocenters. The summed E-state index contributed by atoms with van der Waals surface area (Å²) in [6.45, 7) is 9.11. The van der Waals surface area contributed by atoms with Crippen LogP contribution in [0.1, 0.15) is 28.4 Å². The van der Waals surface area contributed by atoms with Gasteiger partial charge in [0.15, 0.2) is 0 Å². The first-order valence-electron chi connectivity index (χ1n) is 9.43. The van der Waals surface area contributed by atoms with E-state index in [4.69, 9.17) is 0 Å². The van der Waals surface area contributed by atoms with Gasteiger partial charge in [0, 0.05) is 37.4 Å². The Hall–Kier alpha value is -2.47. The van der Waals surface area contributed by atoms with Crippen LogP contribution in [0.4, 0.5) is 5.82 Å². The van der Waals surface area contributed by atoms with Crippen LogP contribution in [0.2, 0.25) is 0 Å². The summed E-state index contributed by atoms with van der Waals surface area (Å²) >= 11 is 0. The van der Waals surface area contributed by atoms with Crippen molar-refractivity contribution in [2.45, 2.75) is 26.8 Å². The summed E-state index contributed by atoms with van der Waals surface area (Å²) in [7, 11) is 3.93. The molecule has 0 spiro atoms. The summed E-state index contributed by atoms with van der Waals surface area (Å²) in [5.74, 6) is 1.15. The molecule has 2 aromatic rings. The van der Waals surface area contributed by atoms with E-state index in [2.05, 4.69) is 40.8 Å². The molecule has 144 valence electrons. The number of rotatable bonds is 4. The van der Waals surface area contributed by atoms with Crippen LogP contribution in [-0.2, 0) is 4.79 Å². The minimum absolute atomic E-state index is 0.167. The number of hydrogen-bond acceptors (Lipinski definition) is 5. The second-order valence-electron chi connectivity index (χ2n) is 7.50. The number of anilines is 1. The number of nitrogens with zero attached hydrogens (tertiary/aromatic N) is 5. The third kappa shape index (κ3) is 4.11. The molecular formula is C21H29N5O. The highest BCUT2D eigenvalue weighted by molar-refractivity contribution is 5.83. The summed E-state index contributed by atoms with van der Waals surface area (Å²) in [6, 6.07) is 7.97. The summed E-state index contributed by atoms with van der Waals surface area (Å²) in [4.78, 5) is 28.2. The fraction of sp³-hybridized carbons (Fsp3) is 0.476. The van der Waals surface area contributed by atoms with Crippen LogP contribution >= 0.6 is 0 Å². The van der Waals surface area contributed by atoms with E-state index < -0.39 is 0 Å². The van der Waals surface area contributed by atoms with Gasteiger partial charge >= 0.3 is 0 Å². The van der Waals surface area contributed by atoms with Crippen LogP contribution < -0.4 is 4.90 Å². The normalized spacial score (nSPS) is 15.9. The first-order chi connectivity index (χ1) is 12.9. The number of piperazine rings is 1. The highest BCUT2D eigenvalue weighted by Crippen LogP contribution is 2.24. The van der Waals surface area contributed by atoms with Crippen molar-refractivity contribution in [2.75, 3.05) is 45.2 Å². The van der Waals surface area contributed by atoms with E-state index in [0.717, 1.165) is 35.7 Å². The molecule has 1 aliphatic heterocycles. The molecule has 3 rings (SSSR count). The van der Waals surface area contributed by atoms with E-state index in [-0.39, 0.29) is 11.9 Å². The molecule has 27 heavy (non-hydrogen) atoms.